The Kier molecular flexibility index (Phi) is 1.02. The van der Waals surface area contributed by atoms with Gasteiger partial charge >= 0.3 is 0 Å². The molecule has 0 amide bonds. The molecule has 44 valence electrons. The fourth-order valence-electron chi connectivity index (χ4n) is 1.44. The molecule has 2 fully saturated rings. The van der Waals surface area contributed by atoms with Crippen molar-refractivity contribution < 1.29 is 0 Å². The van der Waals surface area contributed by atoms with Gasteiger partial charge in [-0.2, -0.15) is 0 Å². The SMILES string of the molecule is [C]1NCC2CNCC12. The molecule has 2 rings (SSSR count). The topological polar surface area (TPSA) is 24.1 Å². The number of fused-ring (bicyclic) bond motifs is 1. The number of nitrogens with one attached hydrogen (secondary N) is 2. The summed E-state index contributed by atoms with van der Waals surface area (Å²) < 4.78 is 0. The van der Waals surface area contributed by atoms with Crippen LogP contribution in [0.5, 0.6) is 0 Å². The average molecular weight is 110 g/mol. The van der Waals surface area contributed by atoms with E-state index >= 15 is 0 Å². The molecule has 0 saturated carbocycles. The van der Waals surface area contributed by atoms with E-state index in [-0.39, 0.29) is 0 Å². The van der Waals surface area contributed by atoms with Crippen LogP contribution in [0.1, 0.15) is 0 Å². The summed E-state index contributed by atoms with van der Waals surface area (Å²) in [5.41, 5.74) is 0. The standard InChI is InChI=1S/C6H10N2/c1-5-2-8-4-6(5)3-7-1/h5-8H,1-3H2. The van der Waals surface area contributed by atoms with Crippen LogP contribution in [0.25, 0.3) is 0 Å². The molecule has 0 spiro atoms. The van der Waals surface area contributed by atoms with E-state index in [4.69, 9.17) is 0 Å². The van der Waals surface area contributed by atoms with Crippen LogP contribution in [0.15, 0.2) is 0 Å². The Balaban J connectivity index is 2.04. The van der Waals surface area contributed by atoms with Gasteiger partial charge in [-0.05, 0) is 18.4 Å². The summed E-state index contributed by atoms with van der Waals surface area (Å²) in [6.07, 6.45) is 0. The Labute approximate surface area is 49.7 Å². The number of rotatable bonds is 0. The highest BCUT2D eigenvalue weighted by Gasteiger charge is 2.31. The summed E-state index contributed by atoms with van der Waals surface area (Å²) in [6.45, 7) is 6.66. The average Bonchev–Trinajstić information content (AvgIpc) is 2.15. The van der Waals surface area contributed by atoms with Crippen molar-refractivity contribution in [3.8, 4) is 0 Å². The first-order chi connectivity index (χ1) is 3.97. The molecule has 0 aromatic rings. The minimum Gasteiger partial charge on any atom is -0.316 e. The van der Waals surface area contributed by atoms with Gasteiger partial charge in [-0.1, -0.05) is 0 Å². The van der Waals surface area contributed by atoms with Crippen LogP contribution in [0.3, 0.4) is 0 Å². The lowest BCUT2D eigenvalue weighted by atomic mass is 10.0. The van der Waals surface area contributed by atoms with Gasteiger partial charge in [-0.25, -0.2) is 0 Å². The summed E-state index contributed by atoms with van der Waals surface area (Å²) in [5, 5.41) is 6.46. The highest BCUT2D eigenvalue weighted by atomic mass is 15.0. The maximum absolute atomic E-state index is 3.32. The van der Waals surface area contributed by atoms with Crippen LogP contribution < -0.4 is 10.6 Å². The molecule has 2 nitrogen and oxygen atoms in total. The van der Waals surface area contributed by atoms with Crippen molar-refractivity contribution in [3.63, 3.8) is 0 Å². The second-order valence-corrected chi connectivity index (χ2v) is 2.55. The van der Waals surface area contributed by atoms with Gasteiger partial charge in [0.15, 0.2) is 0 Å². The quantitative estimate of drug-likeness (QED) is 0.438. The summed E-state index contributed by atoms with van der Waals surface area (Å²) in [4.78, 5) is 0. The maximum atomic E-state index is 3.32. The van der Waals surface area contributed by atoms with Crippen LogP contribution in [0.4, 0.5) is 0 Å². The maximum Gasteiger partial charge on any atom is 0.0637 e. The Morgan fingerprint density at radius 1 is 1.25 bits per heavy atom. The highest BCUT2D eigenvalue weighted by molar-refractivity contribution is 4.95. The van der Waals surface area contributed by atoms with Crippen LogP contribution in [0.2, 0.25) is 0 Å². The molecular formula is C6H10N2. The molecule has 8 heavy (non-hydrogen) atoms. The predicted octanol–water partition coefficient (Wildman–Crippen LogP) is -0.536. The molecule has 2 radical (unpaired) electrons. The second-order valence-electron chi connectivity index (χ2n) is 2.55. The van der Waals surface area contributed by atoms with E-state index in [1.165, 1.54) is 6.54 Å². The molecule has 2 aliphatic heterocycles. The number of hydrogen-bond donors (Lipinski definition) is 2. The normalized spacial score (nSPS) is 45.0. The van der Waals surface area contributed by atoms with Crippen LogP contribution in [0, 0.1) is 18.4 Å². The first-order valence-corrected chi connectivity index (χ1v) is 3.16. The fraction of sp³-hybridized carbons (Fsp3) is 0.833. The molecule has 0 aromatic carbocycles. The highest BCUT2D eigenvalue weighted by Crippen LogP contribution is 2.22. The van der Waals surface area contributed by atoms with Crippen molar-refractivity contribution in [1.82, 2.24) is 10.6 Å². The number of hydrogen-bond acceptors (Lipinski definition) is 2. The predicted molar refractivity (Wildman–Crippen MR) is 31.1 cm³/mol. The molecular weight excluding hydrogens is 100 g/mol. The van der Waals surface area contributed by atoms with E-state index in [9.17, 15) is 0 Å². The van der Waals surface area contributed by atoms with Crippen LogP contribution in [-0.2, 0) is 0 Å². The van der Waals surface area contributed by atoms with Crippen molar-refractivity contribution in [2.45, 2.75) is 0 Å². The van der Waals surface area contributed by atoms with Crippen LogP contribution >= 0.6 is 0 Å². The summed E-state index contributed by atoms with van der Waals surface area (Å²) >= 11 is 0. The Morgan fingerprint density at radius 3 is 3.12 bits per heavy atom. The van der Waals surface area contributed by atoms with E-state index < -0.39 is 0 Å². The molecule has 2 atom stereocenters. The molecule has 2 heteroatoms. The first kappa shape index (κ1) is 4.77. The molecule has 2 saturated heterocycles. The molecule has 0 bridgehead atoms. The van der Waals surface area contributed by atoms with Gasteiger partial charge in [0.05, 0.1) is 6.54 Å². The zero-order valence-corrected chi connectivity index (χ0v) is 4.78. The Morgan fingerprint density at radius 2 is 2.25 bits per heavy atom. The van der Waals surface area contributed by atoms with Gasteiger partial charge in [0.25, 0.3) is 0 Å². The van der Waals surface area contributed by atoms with Gasteiger partial charge in [0, 0.05) is 13.1 Å². The third-order valence-corrected chi connectivity index (χ3v) is 1.99. The van der Waals surface area contributed by atoms with Gasteiger partial charge in [-0.15, -0.1) is 0 Å². The van der Waals surface area contributed by atoms with Crippen LogP contribution in [-0.4, -0.2) is 19.6 Å². The Hall–Kier alpha value is -0.0800. The molecule has 2 unspecified atom stereocenters. The van der Waals surface area contributed by atoms with Gasteiger partial charge in [0.2, 0.25) is 0 Å². The molecule has 2 heterocycles. The van der Waals surface area contributed by atoms with E-state index in [0.717, 1.165) is 19.0 Å². The van der Waals surface area contributed by atoms with Gasteiger partial charge in [-0.3, -0.25) is 0 Å². The fourth-order valence-corrected chi connectivity index (χ4v) is 1.44. The molecule has 2 aliphatic rings. The van der Waals surface area contributed by atoms with E-state index in [1.807, 2.05) is 0 Å². The smallest absolute Gasteiger partial charge is 0.0637 e. The van der Waals surface area contributed by atoms with Crippen molar-refractivity contribution in [3.05, 3.63) is 6.54 Å². The second kappa shape index (κ2) is 1.71. The zero-order chi connectivity index (χ0) is 5.40. The lowest BCUT2D eigenvalue weighted by Crippen LogP contribution is -2.16. The monoisotopic (exact) mass is 110 g/mol. The summed E-state index contributed by atoms with van der Waals surface area (Å²) in [5.74, 6) is 1.55. The minimum absolute atomic E-state index is 0.704. The van der Waals surface area contributed by atoms with Crippen molar-refractivity contribution >= 4 is 0 Å². The summed E-state index contributed by atoms with van der Waals surface area (Å²) in [7, 11) is 0. The third-order valence-electron chi connectivity index (χ3n) is 1.99. The van der Waals surface area contributed by atoms with Gasteiger partial charge in [0.1, 0.15) is 0 Å². The lowest BCUT2D eigenvalue weighted by Gasteiger charge is -2.00. The lowest BCUT2D eigenvalue weighted by molar-refractivity contribution is 0.555. The first-order valence-electron chi connectivity index (χ1n) is 3.16. The largest absolute Gasteiger partial charge is 0.316 e. The third kappa shape index (κ3) is 0.565. The Bertz CT molecular complexity index is 72.5. The molecule has 0 aromatic heterocycles. The zero-order valence-electron chi connectivity index (χ0n) is 4.78. The minimum atomic E-state index is 0.704. The summed E-state index contributed by atoms with van der Waals surface area (Å²) in [6, 6.07) is 0. The molecule has 2 N–H and O–H groups in total. The van der Waals surface area contributed by atoms with Crippen molar-refractivity contribution in [2.24, 2.45) is 11.8 Å². The van der Waals surface area contributed by atoms with E-state index in [1.54, 1.807) is 0 Å². The van der Waals surface area contributed by atoms with Crippen molar-refractivity contribution in [2.75, 3.05) is 19.6 Å². The van der Waals surface area contributed by atoms with E-state index in [2.05, 4.69) is 17.2 Å². The van der Waals surface area contributed by atoms with Gasteiger partial charge < -0.3 is 10.6 Å². The molecule has 0 aliphatic carbocycles. The van der Waals surface area contributed by atoms with E-state index in [0.29, 0.717) is 5.92 Å². The van der Waals surface area contributed by atoms with Crippen molar-refractivity contribution in [1.29, 1.82) is 0 Å².